The lowest BCUT2D eigenvalue weighted by Crippen LogP contribution is -2.34. The van der Waals surface area contributed by atoms with Crippen molar-refractivity contribution < 1.29 is 9.21 Å². The van der Waals surface area contributed by atoms with E-state index in [1.165, 1.54) is 0 Å². The summed E-state index contributed by atoms with van der Waals surface area (Å²) in [6.45, 7) is 3.16. The first-order valence-electron chi connectivity index (χ1n) is 6.22. The van der Waals surface area contributed by atoms with E-state index in [4.69, 9.17) is 10.2 Å². The largest absolute Gasteiger partial charge is 0.467 e. The zero-order chi connectivity index (χ0) is 12.3. The average Bonchev–Trinajstić information content (AvgIpc) is 3.03. The molecule has 94 valence electrons. The van der Waals surface area contributed by atoms with E-state index < -0.39 is 0 Å². The normalized spacial score (nSPS) is 16.8. The maximum atomic E-state index is 12.1. The van der Waals surface area contributed by atoms with Crippen LogP contribution in [0.5, 0.6) is 0 Å². The van der Waals surface area contributed by atoms with E-state index in [1.807, 2.05) is 24.0 Å². The molecule has 0 aromatic carbocycles. The molecule has 2 rings (SSSR count). The average molecular weight is 236 g/mol. The molecule has 1 unspecified atom stereocenters. The molecule has 1 saturated carbocycles. The summed E-state index contributed by atoms with van der Waals surface area (Å²) in [6, 6.07) is 4.18. The topological polar surface area (TPSA) is 59.5 Å². The van der Waals surface area contributed by atoms with Crippen LogP contribution in [0.15, 0.2) is 22.8 Å². The Balaban J connectivity index is 1.94. The summed E-state index contributed by atoms with van der Waals surface area (Å²) in [5.41, 5.74) is 5.56. The van der Waals surface area contributed by atoms with Gasteiger partial charge in [-0.3, -0.25) is 4.79 Å². The van der Waals surface area contributed by atoms with Crippen LogP contribution < -0.4 is 5.73 Å². The van der Waals surface area contributed by atoms with Gasteiger partial charge in [-0.15, -0.1) is 0 Å². The Morgan fingerprint density at radius 1 is 1.65 bits per heavy atom. The minimum absolute atomic E-state index is 0.196. The van der Waals surface area contributed by atoms with Gasteiger partial charge in [0.2, 0.25) is 5.91 Å². The van der Waals surface area contributed by atoms with Gasteiger partial charge in [-0.1, -0.05) is 6.92 Å². The number of carbonyl (C=O) groups is 1. The van der Waals surface area contributed by atoms with Crippen LogP contribution in [0.2, 0.25) is 0 Å². The van der Waals surface area contributed by atoms with Gasteiger partial charge in [-0.25, -0.2) is 0 Å². The second-order valence-electron chi connectivity index (χ2n) is 4.88. The van der Waals surface area contributed by atoms with Crippen molar-refractivity contribution in [2.24, 2.45) is 11.7 Å². The van der Waals surface area contributed by atoms with Crippen molar-refractivity contribution in [3.8, 4) is 0 Å². The Morgan fingerprint density at radius 3 is 2.94 bits per heavy atom. The molecule has 1 aliphatic rings. The molecule has 1 aliphatic carbocycles. The van der Waals surface area contributed by atoms with Gasteiger partial charge < -0.3 is 15.1 Å². The van der Waals surface area contributed by atoms with E-state index in [0.29, 0.717) is 25.6 Å². The molecule has 2 N–H and O–H groups in total. The first-order valence-corrected chi connectivity index (χ1v) is 6.22. The Morgan fingerprint density at radius 2 is 2.41 bits per heavy atom. The highest BCUT2D eigenvalue weighted by atomic mass is 16.3. The van der Waals surface area contributed by atoms with Crippen LogP contribution in [0.3, 0.4) is 0 Å². The van der Waals surface area contributed by atoms with Gasteiger partial charge in [0.05, 0.1) is 12.8 Å². The first kappa shape index (κ1) is 12.2. The fraction of sp³-hybridized carbons (Fsp3) is 0.615. The molecule has 0 spiro atoms. The zero-order valence-electron chi connectivity index (χ0n) is 10.3. The summed E-state index contributed by atoms with van der Waals surface area (Å²) in [5.74, 6) is 1.30. The van der Waals surface area contributed by atoms with Crippen LogP contribution in [0.1, 0.15) is 31.9 Å². The standard InChI is InChI=1S/C13H20N2O2/c1-10(8-14)7-13(16)15(11-4-5-11)9-12-3-2-6-17-12/h2-3,6,10-11H,4-5,7-9,14H2,1H3. The monoisotopic (exact) mass is 236 g/mol. The maximum Gasteiger partial charge on any atom is 0.223 e. The molecule has 0 bridgehead atoms. The molecule has 0 saturated heterocycles. The number of furan rings is 1. The van der Waals surface area contributed by atoms with Crippen molar-refractivity contribution in [1.82, 2.24) is 4.90 Å². The third kappa shape index (κ3) is 3.33. The second kappa shape index (κ2) is 5.36. The van der Waals surface area contributed by atoms with Gasteiger partial charge in [0, 0.05) is 12.5 Å². The lowest BCUT2D eigenvalue weighted by Gasteiger charge is -2.22. The van der Waals surface area contributed by atoms with E-state index in [-0.39, 0.29) is 11.8 Å². The number of nitrogens with zero attached hydrogens (tertiary/aromatic N) is 1. The molecule has 17 heavy (non-hydrogen) atoms. The maximum absolute atomic E-state index is 12.1. The van der Waals surface area contributed by atoms with Crippen molar-refractivity contribution in [3.63, 3.8) is 0 Å². The summed E-state index contributed by atoms with van der Waals surface area (Å²) < 4.78 is 5.30. The minimum Gasteiger partial charge on any atom is -0.467 e. The van der Waals surface area contributed by atoms with Crippen LogP contribution in [0.4, 0.5) is 0 Å². The van der Waals surface area contributed by atoms with Crippen LogP contribution in [0, 0.1) is 5.92 Å². The first-order chi connectivity index (χ1) is 8.20. The highest BCUT2D eigenvalue weighted by Crippen LogP contribution is 2.29. The molecule has 4 nitrogen and oxygen atoms in total. The molecule has 1 amide bonds. The van der Waals surface area contributed by atoms with Gasteiger partial charge in [0.25, 0.3) is 0 Å². The predicted molar refractivity (Wildman–Crippen MR) is 65.1 cm³/mol. The molecule has 1 atom stereocenters. The summed E-state index contributed by atoms with van der Waals surface area (Å²) in [5, 5.41) is 0. The van der Waals surface area contributed by atoms with E-state index in [0.717, 1.165) is 18.6 Å². The Bertz CT molecular complexity index is 358. The molecule has 1 aromatic rings. The van der Waals surface area contributed by atoms with Gasteiger partial charge in [0.15, 0.2) is 0 Å². The van der Waals surface area contributed by atoms with Gasteiger partial charge in [-0.05, 0) is 37.4 Å². The predicted octanol–water partition coefficient (Wildman–Crippen LogP) is 1.76. The van der Waals surface area contributed by atoms with Crippen LogP contribution >= 0.6 is 0 Å². The van der Waals surface area contributed by atoms with Crippen molar-refractivity contribution in [2.75, 3.05) is 6.54 Å². The van der Waals surface area contributed by atoms with Crippen molar-refractivity contribution >= 4 is 5.91 Å². The van der Waals surface area contributed by atoms with Gasteiger partial charge >= 0.3 is 0 Å². The summed E-state index contributed by atoms with van der Waals surface area (Å²) in [7, 11) is 0. The molecular weight excluding hydrogens is 216 g/mol. The quantitative estimate of drug-likeness (QED) is 0.818. The molecule has 1 heterocycles. The SMILES string of the molecule is CC(CN)CC(=O)N(Cc1ccco1)C1CC1. The molecule has 0 radical (unpaired) electrons. The van der Waals surface area contributed by atoms with E-state index in [2.05, 4.69) is 0 Å². The molecule has 1 fully saturated rings. The lowest BCUT2D eigenvalue weighted by atomic mass is 10.1. The fourth-order valence-electron chi connectivity index (χ4n) is 1.88. The fourth-order valence-corrected chi connectivity index (χ4v) is 1.88. The lowest BCUT2D eigenvalue weighted by molar-refractivity contribution is -0.133. The number of amides is 1. The summed E-state index contributed by atoms with van der Waals surface area (Å²) in [6.07, 6.45) is 4.41. The highest BCUT2D eigenvalue weighted by Gasteiger charge is 2.33. The number of nitrogens with two attached hydrogens (primary N) is 1. The van der Waals surface area contributed by atoms with Crippen LogP contribution in [0.25, 0.3) is 0 Å². The van der Waals surface area contributed by atoms with Crippen molar-refractivity contribution in [2.45, 2.75) is 38.8 Å². The van der Waals surface area contributed by atoms with Crippen LogP contribution in [-0.2, 0) is 11.3 Å². The number of hydrogen-bond acceptors (Lipinski definition) is 3. The number of carbonyl (C=O) groups excluding carboxylic acids is 1. The van der Waals surface area contributed by atoms with E-state index in [1.54, 1.807) is 6.26 Å². The Hall–Kier alpha value is -1.29. The highest BCUT2D eigenvalue weighted by molar-refractivity contribution is 5.77. The van der Waals surface area contributed by atoms with Crippen molar-refractivity contribution in [1.29, 1.82) is 0 Å². The third-order valence-electron chi connectivity index (χ3n) is 3.14. The number of hydrogen-bond donors (Lipinski definition) is 1. The summed E-state index contributed by atoms with van der Waals surface area (Å²) in [4.78, 5) is 14.1. The van der Waals surface area contributed by atoms with Crippen LogP contribution in [-0.4, -0.2) is 23.4 Å². The molecular formula is C13H20N2O2. The summed E-state index contributed by atoms with van der Waals surface area (Å²) >= 11 is 0. The molecule has 0 aliphatic heterocycles. The Labute approximate surface area is 102 Å². The minimum atomic E-state index is 0.196. The number of rotatable bonds is 6. The van der Waals surface area contributed by atoms with E-state index in [9.17, 15) is 4.79 Å². The third-order valence-corrected chi connectivity index (χ3v) is 3.14. The van der Waals surface area contributed by atoms with Gasteiger partial charge in [0.1, 0.15) is 5.76 Å². The van der Waals surface area contributed by atoms with Gasteiger partial charge in [-0.2, -0.15) is 0 Å². The second-order valence-corrected chi connectivity index (χ2v) is 4.88. The van der Waals surface area contributed by atoms with Crippen molar-refractivity contribution in [3.05, 3.63) is 24.2 Å². The molecule has 4 heteroatoms. The van der Waals surface area contributed by atoms with E-state index >= 15 is 0 Å². The molecule has 1 aromatic heterocycles. The zero-order valence-corrected chi connectivity index (χ0v) is 10.3. The Kier molecular flexibility index (Phi) is 3.84. The smallest absolute Gasteiger partial charge is 0.223 e.